The van der Waals surface area contributed by atoms with Gasteiger partial charge in [0.15, 0.2) is 5.96 Å². The lowest BCUT2D eigenvalue weighted by molar-refractivity contribution is -0.138. The standard InChI is InChI=1S/C16H24F3N3O/c1-6-20-14(22-15(2,3)4)21-10-11-7-8-12(23-5)9-13(11)16(17,18)19/h7-9H,6,10H2,1-5H3,(H2,20,21,22). The van der Waals surface area contributed by atoms with Crippen LogP contribution < -0.4 is 15.4 Å². The molecule has 0 aliphatic carbocycles. The minimum atomic E-state index is -4.45. The van der Waals surface area contributed by atoms with Gasteiger partial charge in [0, 0.05) is 12.1 Å². The van der Waals surface area contributed by atoms with Gasteiger partial charge >= 0.3 is 6.18 Å². The van der Waals surface area contributed by atoms with Crippen molar-refractivity contribution < 1.29 is 17.9 Å². The van der Waals surface area contributed by atoms with E-state index in [1.165, 1.54) is 19.2 Å². The Morgan fingerprint density at radius 3 is 2.35 bits per heavy atom. The fourth-order valence-corrected chi connectivity index (χ4v) is 1.91. The molecule has 0 bridgehead atoms. The largest absolute Gasteiger partial charge is 0.497 e. The van der Waals surface area contributed by atoms with E-state index in [-0.39, 0.29) is 23.4 Å². The Labute approximate surface area is 135 Å². The average molecular weight is 331 g/mol. The third kappa shape index (κ3) is 6.38. The Morgan fingerprint density at radius 2 is 1.87 bits per heavy atom. The SMILES string of the molecule is CCNC(=NCc1ccc(OC)cc1C(F)(F)F)NC(C)(C)C. The Balaban J connectivity index is 3.08. The summed E-state index contributed by atoms with van der Waals surface area (Å²) in [6.45, 7) is 8.30. The van der Waals surface area contributed by atoms with Crippen molar-refractivity contribution in [2.24, 2.45) is 4.99 Å². The molecule has 4 nitrogen and oxygen atoms in total. The van der Waals surface area contributed by atoms with Gasteiger partial charge in [0.05, 0.1) is 19.2 Å². The highest BCUT2D eigenvalue weighted by atomic mass is 19.4. The lowest BCUT2D eigenvalue weighted by Crippen LogP contribution is -2.47. The number of guanidine groups is 1. The summed E-state index contributed by atoms with van der Waals surface area (Å²) in [6.07, 6.45) is -4.45. The van der Waals surface area contributed by atoms with Crippen LogP contribution in [-0.4, -0.2) is 25.2 Å². The van der Waals surface area contributed by atoms with Crippen LogP contribution >= 0.6 is 0 Å². The molecule has 0 amide bonds. The number of hydrogen-bond acceptors (Lipinski definition) is 2. The molecule has 2 N–H and O–H groups in total. The lowest BCUT2D eigenvalue weighted by atomic mass is 10.1. The second kappa shape index (κ2) is 7.57. The number of benzene rings is 1. The number of hydrogen-bond donors (Lipinski definition) is 2. The van der Waals surface area contributed by atoms with Crippen molar-refractivity contribution in [3.8, 4) is 5.75 Å². The number of alkyl halides is 3. The Hall–Kier alpha value is -1.92. The number of aliphatic imine (C=N–C) groups is 1. The molecule has 0 aromatic heterocycles. The molecule has 0 saturated carbocycles. The molecule has 23 heavy (non-hydrogen) atoms. The van der Waals surface area contributed by atoms with E-state index in [9.17, 15) is 13.2 Å². The third-order valence-corrected chi connectivity index (χ3v) is 2.87. The Morgan fingerprint density at radius 1 is 1.22 bits per heavy atom. The molecule has 0 aliphatic heterocycles. The van der Waals surface area contributed by atoms with Gasteiger partial charge in [0.1, 0.15) is 5.75 Å². The number of nitrogens with zero attached hydrogens (tertiary/aromatic N) is 1. The van der Waals surface area contributed by atoms with Gasteiger partial charge in [-0.1, -0.05) is 6.07 Å². The van der Waals surface area contributed by atoms with Crippen LogP contribution in [0.5, 0.6) is 5.75 Å². The van der Waals surface area contributed by atoms with Crippen LogP contribution in [0.1, 0.15) is 38.8 Å². The molecule has 1 aromatic carbocycles. The first-order valence-corrected chi connectivity index (χ1v) is 7.37. The lowest BCUT2D eigenvalue weighted by Gasteiger charge is -2.24. The van der Waals surface area contributed by atoms with Gasteiger partial charge in [-0.25, -0.2) is 4.99 Å². The zero-order valence-corrected chi connectivity index (χ0v) is 14.1. The van der Waals surface area contributed by atoms with Crippen LogP contribution in [0.4, 0.5) is 13.2 Å². The first kappa shape index (κ1) is 19.1. The summed E-state index contributed by atoms with van der Waals surface area (Å²) in [4.78, 5) is 4.25. The van der Waals surface area contributed by atoms with E-state index >= 15 is 0 Å². The molecule has 1 rings (SSSR count). The van der Waals surface area contributed by atoms with E-state index in [2.05, 4.69) is 15.6 Å². The maximum Gasteiger partial charge on any atom is 0.416 e. The fourth-order valence-electron chi connectivity index (χ4n) is 1.91. The molecule has 0 fully saturated rings. The van der Waals surface area contributed by atoms with Crippen LogP contribution in [0.2, 0.25) is 0 Å². The van der Waals surface area contributed by atoms with Gasteiger partial charge < -0.3 is 15.4 Å². The van der Waals surface area contributed by atoms with Crippen molar-refractivity contribution in [1.82, 2.24) is 10.6 Å². The van der Waals surface area contributed by atoms with Gasteiger partial charge in [-0.3, -0.25) is 0 Å². The first-order chi connectivity index (χ1) is 10.6. The summed E-state index contributed by atoms with van der Waals surface area (Å²) in [6, 6.07) is 3.89. The average Bonchev–Trinajstić information content (AvgIpc) is 2.42. The highest BCUT2D eigenvalue weighted by molar-refractivity contribution is 5.80. The quantitative estimate of drug-likeness (QED) is 0.655. The van der Waals surface area contributed by atoms with Crippen molar-refractivity contribution in [3.05, 3.63) is 29.3 Å². The first-order valence-electron chi connectivity index (χ1n) is 7.37. The molecule has 0 spiro atoms. The molecule has 0 heterocycles. The maximum atomic E-state index is 13.2. The summed E-state index contributed by atoms with van der Waals surface area (Å²) in [5.41, 5.74) is -0.870. The molecule has 0 unspecified atom stereocenters. The molecular formula is C16H24F3N3O. The van der Waals surface area contributed by atoms with Crippen LogP contribution in [0.3, 0.4) is 0 Å². The predicted molar refractivity (Wildman–Crippen MR) is 85.7 cm³/mol. The van der Waals surface area contributed by atoms with Crippen LogP contribution in [0.25, 0.3) is 0 Å². The summed E-state index contributed by atoms with van der Waals surface area (Å²) in [5.74, 6) is 0.647. The van der Waals surface area contributed by atoms with Gasteiger partial charge in [-0.15, -0.1) is 0 Å². The minimum Gasteiger partial charge on any atom is -0.497 e. The molecule has 1 aromatic rings. The minimum absolute atomic E-state index is 0.0791. The summed E-state index contributed by atoms with van der Waals surface area (Å²) < 4.78 is 44.4. The topological polar surface area (TPSA) is 45.7 Å². The van der Waals surface area contributed by atoms with Gasteiger partial charge in [0.2, 0.25) is 0 Å². The molecule has 0 radical (unpaired) electrons. The zero-order chi connectivity index (χ0) is 17.7. The molecule has 0 atom stereocenters. The molecule has 7 heteroatoms. The van der Waals surface area contributed by atoms with Gasteiger partial charge in [0.25, 0.3) is 0 Å². The van der Waals surface area contributed by atoms with E-state index in [1.807, 2.05) is 27.7 Å². The maximum absolute atomic E-state index is 13.2. The molecule has 130 valence electrons. The molecule has 0 aliphatic rings. The van der Waals surface area contributed by atoms with Crippen molar-refractivity contribution in [1.29, 1.82) is 0 Å². The zero-order valence-electron chi connectivity index (χ0n) is 14.1. The second-order valence-corrected chi connectivity index (χ2v) is 6.09. The highest BCUT2D eigenvalue weighted by Gasteiger charge is 2.33. The summed E-state index contributed by atoms with van der Waals surface area (Å²) in [5, 5.41) is 6.16. The van der Waals surface area contributed by atoms with Crippen molar-refractivity contribution in [3.63, 3.8) is 0 Å². The van der Waals surface area contributed by atoms with E-state index < -0.39 is 11.7 Å². The van der Waals surface area contributed by atoms with Crippen molar-refractivity contribution >= 4 is 5.96 Å². The number of ether oxygens (including phenoxy) is 1. The van der Waals surface area contributed by atoms with Crippen LogP contribution in [-0.2, 0) is 12.7 Å². The molecular weight excluding hydrogens is 307 g/mol. The van der Waals surface area contributed by atoms with E-state index in [4.69, 9.17) is 4.74 Å². The van der Waals surface area contributed by atoms with Crippen molar-refractivity contribution in [2.45, 2.75) is 46.0 Å². The summed E-state index contributed by atoms with van der Waals surface area (Å²) >= 11 is 0. The van der Waals surface area contributed by atoms with Crippen LogP contribution in [0, 0.1) is 0 Å². The predicted octanol–water partition coefficient (Wildman–Crippen LogP) is 3.57. The second-order valence-electron chi connectivity index (χ2n) is 6.09. The fraction of sp³-hybridized carbons (Fsp3) is 0.562. The van der Waals surface area contributed by atoms with Gasteiger partial charge in [-0.05, 0) is 45.4 Å². The van der Waals surface area contributed by atoms with E-state index in [0.717, 1.165) is 6.07 Å². The normalized spacial score (nSPS) is 13.0. The van der Waals surface area contributed by atoms with E-state index in [1.54, 1.807) is 0 Å². The number of rotatable bonds is 4. The Bertz CT molecular complexity index is 548. The third-order valence-electron chi connectivity index (χ3n) is 2.87. The molecule has 0 saturated heterocycles. The monoisotopic (exact) mass is 331 g/mol. The van der Waals surface area contributed by atoms with Crippen molar-refractivity contribution in [2.75, 3.05) is 13.7 Å². The number of halogens is 3. The smallest absolute Gasteiger partial charge is 0.416 e. The Kier molecular flexibility index (Phi) is 6.29. The highest BCUT2D eigenvalue weighted by Crippen LogP contribution is 2.34. The van der Waals surface area contributed by atoms with Crippen LogP contribution in [0.15, 0.2) is 23.2 Å². The van der Waals surface area contributed by atoms with Gasteiger partial charge in [-0.2, -0.15) is 13.2 Å². The number of methoxy groups -OCH3 is 1. The number of nitrogens with one attached hydrogen (secondary N) is 2. The van der Waals surface area contributed by atoms with E-state index in [0.29, 0.717) is 12.5 Å². The summed E-state index contributed by atoms with van der Waals surface area (Å²) in [7, 11) is 1.34.